The number of halogens is 1. The Bertz CT molecular complexity index is 1000. The van der Waals surface area contributed by atoms with Crippen molar-refractivity contribution in [2.45, 2.75) is 18.8 Å². The largest absolute Gasteiger partial charge is 0.481 e. The summed E-state index contributed by atoms with van der Waals surface area (Å²) in [4.78, 5) is 11.1. The van der Waals surface area contributed by atoms with Crippen LogP contribution in [0.2, 0.25) is 0 Å². The van der Waals surface area contributed by atoms with Crippen LogP contribution in [0, 0.1) is 5.82 Å². The molecule has 1 unspecified atom stereocenters. The normalized spacial score (nSPS) is 17.8. The molecule has 25 heavy (non-hydrogen) atoms. The molecule has 0 saturated heterocycles. The van der Waals surface area contributed by atoms with Gasteiger partial charge in [-0.25, -0.2) is 4.39 Å². The molecule has 1 aliphatic rings. The van der Waals surface area contributed by atoms with E-state index in [1.54, 1.807) is 6.07 Å². The first kappa shape index (κ1) is 15.6. The fraction of sp³-hybridized carbons (Fsp3) is 0.136. The van der Waals surface area contributed by atoms with Crippen LogP contribution in [0.15, 0.2) is 60.7 Å². The van der Waals surface area contributed by atoms with E-state index in [-0.39, 0.29) is 18.2 Å². The van der Waals surface area contributed by atoms with Crippen LogP contribution in [-0.4, -0.2) is 11.1 Å². The van der Waals surface area contributed by atoms with Gasteiger partial charge in [0.25, 0.3) is 0 Å². The lowest BCUT2D eigenvalue weighted by Crippen LogP contribution is -2.03. The van der Waals surface area contributed by atoms with Gasteiger partial charge in [0, 0.05) is 0 Å². The van der Waals surface area contributed by atoms with Gasteiger partial charge in [-0.2, -0.15) is 0 Å². The quantitative estimate of drug-likeness (QED) is 0.689. The summed E-state index contributed by atoms with van der Waals surface area (Å²) in [6.07, 6.45) is 2.73. The molecule has 0 radical (unpaired) electrons. The maximum absolute atomic E-state index is 13.6. The minimum atomic E-state index is -0.854. The molecule has 3 heteroatoms. The minimum absolute atomic E-state index is 0.0194. The fourth-order valence-electron chi connectivity index (χ4n) is 3.68. The molecule has 2 nitrogen and oxygen atoms in total. The van der Waals surface area contributed by atoms with Crippen molar-refractivity contribution in [3.63, 3.8) is 0 Å². The van der Waals surface area contributed by atoms with Crippen molar-refractivity contribution in [1.29, 1.82) is 0 Å². The van der Waals surface area contributed by atoms with Crippen LogP contribution < -0.4 is 0 Å². The Kier molecular flexibility index (Phi) is 3.85. The molecule has 1 atom stereocenters. The van der Waals surface area contributed by atoms with Crippen LogP contribution >= 0.6 is 0 Å². The molecule has 3 aromatic carbocycles. The van der Waals surface area contributed by atoms with Crippen molar-refractivity contribution >= 4 is 28.4 Å². The van der Waals surface area contributed by atoms with Gasteiger partial charge in [-0.15, -0.1) is 0 Å². The summed E-state index contributed by atoms with van der Waals surface area (Å²) in [5.41, 5.74) is 3.90. The molecule has 0 fully saturated rings. The van der Waals surface area contributed by atoms with Crippen LogP contribution in [0.1, 0.15) is 35.4 Å². The Balaban J connectivity index is 1.76. The highest BCUT2D eigenvalue weighted by atomic mass is 19.1. The van der Waals surface area contributed by atoms with Gasteiger partial charge in [0.05, 0.1) is 6.42 Å². The number of carboxylic acids is 1. The van der Waals surface area contributed by atoms with E-state index in [0.717, 1.165) is 27.6 Å². The number of fused-ring (bicyclic) bond motifs is 2. The molecule has 0 spiro atoms. The maximum Gasteiger partial charge on any atom is 0.303 e. The van der Waals surface area contributed by atoms with E-state index in [4.69, 9.17) is 5.11 Å². The fourth-order valence-corrected chi connectivity index (χ4v) is 3.68. The highest BCUT2D eigenvalue weighted by molar-refractivity contribution is 5.91. The standard InChI is InChI=1S/C22H17FO2/c23-19-7-8-20-17(11-18(12-22(24)25)21(20)13-19)10-14-5-6-15-3-1-2-4-16(15)9-14/h1-10,13,18H,11-12H2,(H,24,25)/b17-10+. The number of hydrogen-bond acceptors (Lipinski definition) is 1. The van der Waals surface area contributed by atoms with Crippen LogP contribution in [0.4, 0.5) is 4.39 Å². The third kappa shape index (κ3) is 3.05. The number of allylic oxidation sites excluding steroid dienone is 1. The first-order chi connectivity index (χ1) is 12.1. The molecule has 0 heterocycles. The number of carboxylic acid groups (broad SMARTS) is 1. The number of hydrogen-bond donors (Lipinski definition) is 1. The average molecular weight is 332 g/mol. The molecular formula is C22H17FO2. The van der Waals surface area contributed by atoms with Gasteiger partial charge >= 0.3 is 5.97 Å². The SMILES string of the molecule is O=C(O)CC1C/C(=C\c2ccc3ccccc3c2)c2ccc(F)cc21. The predicted octanol–water partition coefficient (Wildman–Crippen LogP) is 5.48. The van der Waals surface area contributed by atoms with Gasteiger partial charge in [-0.3, -0.25) is 4.79 Å². The summed E-state index contributed by atoms with van der Waals surface area (Å²) < 4.78 is 13.6. The maximum atomic E-state index is 13.6. The highest BCUT2D eigenvalue weighted by Gasteiger charge is 2.28. The van der Waals surface area contributed by atoms with E-state index < -0.39 is 5.97 Å². The lowest BCUT2D eigenvalue weighted by atomic mass is 9.98. The van der Waals surface area contributed by atoms with Gasteiger partial charge < -0.3 is 5.11 Å². The van der Waals surface area contributed by atoms with Crippen LogP contribution in [-0.2, 0) is 4.79 Å². The van der Waals surface area contributed by atoms with Crippen molar-refractivity contribution in [3.8, 4) is 0 Å². The Hall–Kier alpha value is -2.94. The summed E-state index contributed by atoms with van der Waals surface area (Å²) in [5, 5.41) is 11.5. The summed E-state index contributed by atoms with van der Waals surface area (Å²) in [6, 6.07) is 19.1. The Morgan fingerprint density at radius 2 is 1.88 bits per heavy atom. The van der Waals surface area contributed by atoms with Gasteiger partial charge in [-0.05, 0) is 63.6 Å². The van der Waals surface area contributed by atoms with Crippen LogP contribution in [0.3, 0.4) is 0 Å². The molecular weight excluding hydrogens is 315 g/mol. The van der Waals surface area contributed by atoms with E-state index in [0.29, 0.717) is 6.42 Å². The highest BCUT2D eigenvalue weighted by Crippen LogP contribution is 2.44. The number of carbonyl (C=O) groups is 1. The summed E-state index contributed by atoms with van der Waals surface area (Å²) in [5.74, 6) is -1.34. The topological polar surface area (TPSA) is 37.3 Å². The second kappa shape index (κ2) is 6.17. The second-order valence-electron chi connectivity index (χ2n) is 6.51. The molecule has 4 rings (SSSR count). The first-order valence-electron chi connectivity index (χ1n) is 8.31. The van der Waals surface area contributed by atoms with Crippen LogP contribution in [0.25, 0.3) is 22.4 Å². The molecule has 1 aliphatic carbocycles. The van der Waals surface area contributed by atoms with E-state index in [1.807, 2.05) is 12.1 Å². The molecule has 1 N–H and O–H groups in total. The van der Waals surface area contributed by atoms with E-state index >= 15 is 0 Å². The number of benzene rings is 3. The predicted molar refractivity (Wildman–Crippen MR) is 97.8 cm³/mol. The summed E-state index contributed by atoms with van der Waals surface area (Å²) >= 11 is 0. The molecule has 0 saturated carbocycles. The third-order valence-corrected chi connectivity index (χ3v) is 4.80. The third-order valence-electron chi connectivity index (χ3n) is 4.80. The van der Waals surface area contributed by atoms with E-state index in [2.05, 4.69) is 36.4 Å². The van der Waals surface area contributed by atoms with Gasteiger partial charge in [0.1, 0.15) is 5.82 Å². The van der Waals surface area contributed by atoms with E-state index in [1.165, 1.54) is 17.5 Å². The molecule has 0 bridgehead atoms. The van der Waals surface area contributed by atoms with Crippen molar-refractivity contribution in [2.24, 2.45) is 0 Å². The summed E-state index contributed by atoms with van der Waals surface area (Å²) in [7, 11) is 0. The molecule has 0 amide bonds. The Morgan fingerprint density at radius 3 is 2.68 bits per heavy atom. The van der Waals surface area contributed by atoms with Gasteiger partial charge in [-0.1, -0.05) is 48.5 Å². The smallest absolute Gasteiger partial charge is 0.303 e. The number of rotatable bonds is 3. The lowest BCUT2D eigenvalue weighted by Gasteiger charge is -2.07. The summed E-state index contributed by atoms with van der Waals surface area (Å²) in [6.45, 7) is 0. The van der Waals surface area contributed by atoms with Gasteiger partial charge in [0.2, 0.25) is 0 Å². The van der Waals surface area contributed by atoms with Crippen molar-refractivity contribution in [3.05, 3.63) is 83.2 Å². The molecule has 0 aliphatic heterocycles. The zero-order valence-corrected chi connectivity index (χ0v) is 13.6. The average Bonchev–Trinajstić information content (AvgIpc) is 2.91. The van der Waals surface area contributed by atoms with E-state index in [9.17, 15) is 9.18 Å². The van der Waals surface area contributed by atoms with Crippen molar-refractivity contribution in [2.75, 3.05) is 0 Å². The first-order valence-corrected chi connectivity index (χ1v) is 8.31. The Morgan fingerprint density at radius 1 is 1.08 bits per heavy atom. The lowest BCUT2D eigenvalue weighted by molar-refractivity contribution is -0.137. The molecule has 124 valence electrons. The van der Waals surface area contributed by atoms with Crippen molar-refractivity contribution < 1.29 is 14.3 Å². The second-order valence-corrected chi connectivity index (χ2v) is 6.51. The minimum Gasteiger partial charge on any atom is -0.481 e. The van der Waals surface area contributed by atoms with Crippen molar-refractivity contribution in [1.82, 2.24) is 0 Å². The monoisotopic (exact) mass is 332 g/mol. The number of aliphatic carboxylic acids is 1. The Labute approximate surface area is 145 Å². The van der Waals surface area contributed by atoms with Crippen LogP contribution in [0.5, 0.6) is 0 Å². The molecule has 3 aromatic rings. The zero-order chi connectivity index (χ0) is 17.4. The zero-order valence-electron chi connectivity index (χ0n) is 13.6. The molecule has 0 aromatic heterocycles. The van der Waals surface area contributed by atoms with Gasteiger partial charge in [0.15, 0.2) is 0 Å².